The van der Waals surface area contributed by atoms with Gasteiger partial charge in [0.2, 0.25) is 0 Å². The number of halogens is 1. The number of hydrogen-bond donors (Lipinski definition) is 1. The van der Waals surface area contributed by atoms with E-state index in [9.17, 15) is 23.3 Å². The van der Waals surface area contributed by atoms with Crippen LogP contribution in [-0.4, -0.2) is 25.5 Å². The van der Waals surface area contributed by atoms with Crippen LogP contribution in [0, 0.1) is 17.0 Å². The van der Waals surface area contributed by atoms with Crippen molar-refractivity contribution in [3.63, 3.8) is 0 Å². The van der Waals surface area contributed by atoms with E-state index in [1.165, 1.54) is 42.5 Å². The third-order valence-corrected chi connectivity index (χ3v) is 7.79. The number of para-hydroxylation sites is 2. The fourth-order valence-electron chi connectivity index (χ4n) is 3.76. The Labute approximate surface area is 230 Å². The Bertz CT molecular complexity index is 1640. The van der Waals surface area contributed by atoms with Crippen molar-refractivity contribution in [2.75, 3.05) is 4.31 Å². The molecule has 9 nitrogen and oxygen atoms in total. The minimum atomic E-state index is -4.11. The molecule has 0 aliphatic heterocycles. The molecular formula is C28H23ClN4O5S. The van der Waals surface area contributed by atoms with Crippen molar-refractivity contribution in [2.24, 2.45) is 5.10 Å². The molecule has 4 aromatic carbocycles. The second kappa shape index (κ2) is 11.9. The second-order valence-electron chi connectivity index (χ2n) is 8.48. The highest BCUT2D eigenvalue weighted by atomic mass is 35.5. The molecule has 39 heavy (non-hydrogen) atoms. The topological polar surface area (TPSA) is 122 Å². The SMILES string of the molecule is Cc1ccc(S(=O)(=O)N(Cc2ccc(Cl)cc2)c2ccccc2C(=O)N/N=C/c2ccccc2[N+](=O)[O-])cc1. The first-order chi connectivity index (χ1) is 18.7. The van der Waals surface area contributed by atoms with Crippen LogP contribution in [0.15, 0.2) is 107 Å². The van der Waals surface area contributed by atoms with Crippen molar-refractivity contribution >= 4 is 45.1 Å². The fourth-order valence-corrected chi connectivity index (χ4v) is 5.36. The third kappa shape index (κ3) is 6.49. The minimum absolute atomic E-state index is 0.0434. The van der Waals surface area contributed by atoms with Crippen molar-refractivity contribution in [1.82, 2.24) is 5.43 Å². The Kier molecular flexibility index (Phi) is 8.38. The molecule has 0 heterocycles. The summed E-state index contributed by atoms with van der Waals surface area (Å²) < 4.78 is 28.9. The summed E-state index contributed by atoms with van der Waals surface area (Å²) in [6.07, 6.45) is 1.16. The molecule has 0 fully saturated rings. The number of nitrogens with zero attached hydrogens (tertiary/aromatic N) is 3. The van der Waals surface area contributed by atoms with E-state index >= 15 is 0 Å². The molecule has 0 saturated carbocycles. The lowest BCUT2D eigenvalue weighted by Gasteiger charge is -2.26. The van der Waals surface area contributed by atoms with E-state index in [1.807, 2.05) is 6.92 Å². The fraction of sp³-hybridized carbons (Fsp3) is 0.0714. The van der Waals surface area contributed by atoms with Crippen molar-refractivity contribution in [1.29, 1.82) is 0 Å². The van der Waals surface area contributed by atoms with Gasteiger partial charge in [0.25, 0.3) is 21.6 Å². The first kappa shape index (κ1) is 27.5. The van der Waals surface area contributed by atoms with Gasteiger partial charge in [0.15, 0.2) is 0 Å². The number of aryl methyl sites for hydroxylation is 1. The number of carbonyl (C=O) groups is 1. The maximum Gasteiger partial charge on any atom is 0.278 e. The molecule has 4 aromatic rings. The summed E-state index contributed by atoms with van der Waals surface area (Å²) >= 11 is 6.02. The van der Waals surface area contributed by atoms with Gasteiger partial charge in [-0.1, -0.05) is 65.7 Å². The van der Waals surface area contributed by atoms with E-state index in [4.69, 9.17) is 11.6 Å². The normalized spacial score (nSPS) is 11.3. The second-order valence-corrected chi connectivity index (χ2v) is 10.8. The summed E-state index contributed by atoms with van der Waals surface area (Å²) in [7, 11) is -4.11. The summed E-state index contributed by atoms with van der Waals surface area (Å²) in [5.41, 5.74) is 4.10. The lowest BCUT2D eigenvalue weighted by atomic mass is 10.1. The summed E-state index contributed by atoms with van der Waals surface area (Å²) in [6.45, 7) is 1.78. The summed E-state index contributed by atoms with van der Waals surface area (Å²) in [4.78, 5) is 23.9. The first-order valence-corrected chi connectivity index (χ1v) is 13.5. The summed E-state index contributed by atoms with van der Waals surface area (Å²) in [5, 5.41) is 15.6. The number of hydrazone groups is 1. The molecular weight excluding hydrogens is 540 g/mol. The average Bonchev–Trinajstić information content (AvgIpc) is 2.93. The Hall–Kier alpha value is -4.54. The number of rotatable bonds is 9. The Morgan fingerprint density at radius 3 is 2.31 bits per heavy atom. The zero-order chi connectivity index (χ0) is 28.0. The Morgan fingerprint density at radius 1 is 0.974 bits per heavy atom. The lowest BCUT2D eigenvalue weighted by Crippen LogP contribution is -2.33. The van der Waals surface area contributed by atoms with E-state index in [0.717, 1.165) is 16.1 Å². The van der Waals surface area contributed by atoms with Crippen molar-refractivity contribution in [3.8, 4) is 0 Å². The molecule has 0 aromatic heterocycles. The van der Waals surface area contributed by atoms with Crippen LogP contribution >= 0.6 is 11.6 Å². The van der Waals surface area contributed by atoms with Gasteiger partial charge < -0.3 is 0 Å². The number of hydrogen-bond acceptors (Lipinski definition) is 6. The predicted molar refractivity (Wildman–Crippen MR) is 151 cm³/mol. The van der Waals surface area contributed by atoms with Gasteiger partial charge in [-0.3, -0.25) is 19.2 Å². The van der Waals surface area contributed by atoms with E-state index in [1.54, 1.807) is 54.6 Å². The molecule has 0 unspecified atom stereocenters. The van der Waals surface area contributed by atoms with E-state index in [2.05, 4.69) is 10.5 Å². The van der Waals surface area contributed by atoms with Crippen molar-refractivity contribution < 1.29 is 18.1 Å². The zero-order valence-corrected chi connectivity index (χ0v) is 22.3. The van der Waals surface area contributed by atoms with Crippen LogP contribution in [0.1, 0.15) is 27.0 Å². The molecule has 0 spiro atoms. The molecule has 198 valence electrons. The first-order valence-electron chi connectivity index (χ1n) is 11.7. The standard InChI is InChI=1S/C28H23ClN4O5S/c1-20-10-16-24(17-11-20)39(37,38)32(19-21-12-14-23(29)15-13-21)27-9-5-3-7-25(27)28(34)31-30-18-22-6-2-4-8-26(22)33(35)36/h2-18H,19H2,1H3,(H,31,34)/b30-18+. The Morgan fingerprint density at radius 2 is 1.62 bits per heavy atom. The van der Waals surface area contributed by atoms with Crippen LogP contribution in [0.25, 0.3) is 0 Å². The van der Waals surface area contributed by atoms with Gasteiger partial charge in [-0.25, -0.2) is 13.8 Å². The number of nitro groups is 1. The smallest absolute Gasteiger partial charge is 0.267 e. The van der Waals surface area contributed by atoms with Crippen LogP contribution in [0.4, 0.5) is 11.4 Å². The number of amides is 1. The molecule has 11 heteroatoms. The van der Waals surface area contributed by atoms with E-state index in [-0.39, 0.29) is 33.9 Å². The maximum absolute atomic E-state index is 13.9. The average molecular weight is 563 g/mol. The van der Waals surface area contributed by atoms with Gasteiger partial charge in [-0.05, 0) is 55.0 Å². The van der Waals surface area contributed by atoms with Crippen molar-refractivity contribution in [2.45, 2.75) is 18.4 Å². The number of anilines is 1. The highest BCUT2D eigenvalue weighted by Crippen LogP contribution is 2.30. The quantitative estimate of drug-likeness (QED) is 0.159. The maximum atomic E-state index is 13.9. The highest BCUT2D eigenvalue weighted by Gasteiger charge is 2.28. The van der Waals surface area contributed by atoms with Crippen LogP contribution in [0.5, 0.6) is 0 Å². The van der Waals surface area contributed by atoms with Gasteiger partial charge in [-0.2, -0.15) is 5.10 Å². The van der Waals surface area contributed by atoms with Gasteiger partial charge >= 0.3 is 0 Å². The number of nitrogens with one attached hydrogen (secondary N) is 1. The summed E-state index contributed by atoms with van der Waals surface area (Å²) in [5.74, 6) is -0.694. The molecule has 0 aliphatic rings. The molecule has 0 atom stereocenters. The number of carbonyl (C=O) groups excluding carboxylic acids is 1. The molecule has 1 N–H and O–H groups in total. The van der Waals surface area contributed by atoms with Crippen LogP contribution in [0.2, 0.25) is 5.02 Å². The van der Waals surface area contributed by atoms with Gasteiger partial charge in [0.05, 0.1) is 39.4 Å². The van der Waals surface area contributed by atoms with Crippen LogP contribution in [0.3, 0.4) is 0 Å². The van der Waals surface area contributed by atoms with Gasteiger partial charge in [0, 0.05) is 11.1 Å². The van der Waals surface area contributed by atoms with Gasteiger partial charge in [0.1, 0.15) is 0 Å². The van der Waals surface area contributed by atoms with Crippen LogP contribution in [-0.2, 0) is 16.6 Å². The monoisotopic (exact) mass is 562 g/mol. The molecule has 1 amide bonds. The number of nitro benzene ring substituents is 1. The van der Waals surface area contributed by atoms with Gasteiger partial charge in [-0.15, -0.1) is 0 Å². The zero-order valence-electron chi connectivity index (χ0n) is 20.7. The molecule has 0 saturated heterocycles. The largest absolute Gasteiger partial charge is 0.278 e. The molecule has 0 radical (unpaired) electrons. The predicted octanol–water partition coefficient (Wildman–Crippen LogP) is 5.72. The Balaban J connectivity index is 1.71. The minimum Gasteiger partial charge on any atom is -0.267 e. The summed E-state index contributed by atoms with van der Waals surface area (Å²) in [6, 6.07) is 25.3. The molecule has 0 aliphatic carbocycles. The van der Waals surface area contributed by atoms with E-state index < -0.39 is 20.9 Å². The molecule has 4 rings (SSSR count). The molecule has 0 bridgehead atoms. The van der Waals surface area contributed by atoms with Crippen molar-refractivity contribution in [3.05, 3.63) is 134 Å². The third-order valence-electron chi connectivity index (χ3n) is 5.77. The van der Waals surface area contributed by atoms with Crippen LogP contribution < -0.4 is 9.73 Å². The number of benzene rings is 4. The van der Waals surface area contributed by atoms with E-state index in [0.29, 0.717) is 10.6 Å². The lowest BCUT2D eigenvalue weighted by molar-refractivity contribution is -0.385. The highest BCUT2D eigenvalue weighted by molar-refractivity contribution is 7.92. The number of sulfonamides is 1.